The van der Waals surface area contributed by atoms with Crippen molar-refractivity contribution < 1.29 is 23.7 Å². The molecule has 1 heterocycles. The Kier molecular flexibility index (Phi) is 5.80. The maximum atomic E-state index is 12.9. The molecule has 19 heavy (non-hydrogen) atoms. The molecule has 0 aliphatic carbocycles. The number of aromatic nitrogens is 2. The molecular formula is C10H15F2N3O4. The highest BCUT2D eigenvalue weighted by atomic mass is 19.1. The van der Waals surface area contributed by atoms with Gasteiger partial charge in [-0.25, -0.2) is 13.6 Å². The molecule has 0 saturated heterocycles. The number of aliphatic hydroxyl groups is 2. The molecule has 1 rings (SSSR count). The Hall–Kier alpha value is -1.58. The number of nitrogen functional groups attached to an aromatic ring is 1. The summed E-state index contributed by atoms with van der Waals surface area (Å²) in [6.45, 7) is -3.02. The maximum absolute atomic E-state index is 12.9. The number of nitrogens with two attached hydrogens (primary N) is 1. The molecule has 0 aliphatic rings. The molecule has 3 atom stereocenters. The van der Waals surface area contributed by atoms with Crippen LogP contribution in [0.1, 0.15) is 6.23 Å². The molecule has 1 aromatic rings. The van der Waals surface area contributed by atoms with Crippen LogP contribution in [0.25, 0.3) is 0 Å². The second-order valence-electron chi connectivity index (χ2n) is 3.73. The quantitative estimate of drug-likeness (QED) is 0.590. The molecule has 9 heteroatoms. The highest BCUT2D eigenvalue weighted by Crippen LogP contribution is 2.13. The molecule has 2 unspecified atom stereocenters. The van der Waals surface area contributed by atoms with E-state index in [0.717, 1.165) is 10.8 Å². The number of rotatable bonds is 7. The fourth-order valence-electron chi connectivity index (χ4n) is 1.38. The van der Waals surface area contributed by atoms with Gasteiger partial charge in [-0.3, -0.25) is 4.57 Å². The molecule has 0 aromatic carbocycles. The first-order valence-electron chi connectivity index (χ1n) is 5.44. The van der Waals surface area contributed by atoms with Crippen LogP contribution in [0.3, 0.4) is 0 Å². The Balaban J connectivity index is 2.91. The first kappa shape index (κ1) is 15.5. The summed E-state index contributed by atoms with van der Waals surface area (Å²) in [4.78, 5) is 14.9. The minimum atomic E-state index is -1.61. The molecule has 0 aliphatic heterocycles. The van der Waals surface area contributed by atoms with E-state index in [2.05, 4.69) is 4.98 Å². The summed E-state index contributed by atoms with van der Waals surface area (Å²) in [6.07, 6.45) is -3.24. The van der Waals surface area contributed by atoms with E-state index in [9.17, 15) is 18.7 Å². The zero-order valence-electron chi connectivity index (χ0n) is 9.95. The van der Waals surface area contributed by atoms with Crippen LogP contribution in [-0.2, 0) is 4.74 Å². The first-order chi connectivity index (χ1) is 9.03. The Morgan fingerprint density at radius 2 is 2.16 bits per heavy atom. The minimum absolute atomic E-state index is 0.0404. The third-order valence-electron chi connectivity index (χ3n) is 2.39. The molecular weight excluding hydrogens is 264 g/mol. The van der Waals surface area contributed by atoms with E-state index in [1.807, 2.05) is 0 Å². The molecule has 4 N–H and O–H groups in total. The third kappa shape index (κ3) is 3.94. The molecule has 0 amide bonds. The summed E-state index contributed by atoms with van der Waals surface area (Å²) in [5.41, 5.74) is 4.42. The highest BCUT2D eigenvalue weighted by molar-refractivity contribution is 5.23. The smallest absolute Gasteiger partial charge is 0.351 e. The van der Waals surface area contributed by atoms with Gasteiger partial charge in [0.2, 0.25) is 0 Å². The fourth-order valence-corrected chi connectivity index (χ4v) is 1.38. The molecule has 1 aromatic heterocycles. The van der Waals surface area contributed by atoms with Crippen LogP contribution in [0.2, 0.25) is 0 Å². The number of aliphatic hydroxyl groups excluding tert-OH is 2. The fraction of sp³-hybridized carbons (Fsp3) is 0.600. The maximum Gasteiger partial charge on any atom is 0.351 e. The lowest BCUT2D eigenvalue weighted by Gasteiger charge is -2.25. The van der Waals surface area contributed by atoms with Gasteiger partial charge in [-0.2, -0.15) is 4.98 Å². The summed E-state index contributed by atoms with van der Waals surface area (Å²) in [5, 5.41) is 18.2. The lowest BCUT2D eigenvalue weighted by atomic mass is 10.2. The summed E-state index contributed by atoms with van der Waals surface area (Å²) in [7, 11) is 0. The van der Waals surface area contributed by atoms with Gasteiger partial charge in [0.25, 0.3) is 0 Å². The van der Waals surface area contributed by atoms with Gasteiger partial charge in [-0.1, -0.05) is 0 Å². The van der Waals surface area contributed by atoms with Crippen molar-refractivity contribution in [2.45, 2.75) is 18.4 Å². The summed E-state index contributed by atoms with van der Waals surface area (Å²) in [6, 6.07) is 1.26. The van der Waals surface area contributed by atoms with Crippen LogP contribution in [0, 0.1) is 0 Å². The number of nitrogens with zero attached hydrogens (tertiary/aromatic N) is 2. The van der Waals surface area contributed by atoms with Gasteiger partial charge < -0.3 is 20.7 Å². The van der Waals surface area contributed by atoms with Crippen molar-refractivity contribution in [1.82, 2.24) is 9.55 Å². The molecule has 0 bridgehead atoms. The van der Waals surface area contributed by atoms with Crippen LogP contribution in [0.15, 0.2) is 17.1 Å². The number of halogens is 2. The third-order valence-corrected chi connectivity index (χ3v) is 2.39. The molecule has 0 radical (unpaired) electrons. The van der Waals surface area contributed by atoms with Gasteiger partial charge in [-0.05, 0) is 6.07 Å². The Bertz CT molecular complexity index is 457. The normalized spacial score (nSPS) is 16.0. The van der Waals surface area contributed by atoms with E-state index in [-0.39, 0.29) is 5.82 Å². The van der Waals surface area contributed by atoms with Crippen molar-refractivity contribution in [3.8, 4) is 0 Å². The van der Waals surface area contributed by atoms with Crippen LogP contribution in [-0.4, -0.2) is 51.9 Å². The second kappa shape index (κ2) is 7.12. The monoisotopic (exact) mass is 279 g/mol. The molecule has 108 valence electrons. The Morgan fingerprint density at radius 1 is 1.47 bits per heavy atom. The van der Waals surface area contributed by atoms with E-state index in [1.54, 1.807) is 0 Å². The zero-order chi connectivity index (χ0) is 14.4. The van der Waals surface area contributed by atoms with Crippen LogP contribution in [0.4, 0.5) is 14.6 Å². The summed E-state index contributed by atoms with van der Waals surface area (Å²) >= 11 is 0. The number of hydrogen-bond donors (Lipinski definition) is 3. The van der Waals surface area contributed by atoms with Crippen molar-refractivity contribution >= 4 is 5.82 Å². The topological polar surface area (TPSA) is 111 Å². The van der Waals surface area contributed by atoms with E-state index >= 15 is 0 Å². The number of anilines is 1. The Morgan fingerprint density at radius 3 is 2.63 bits per heavy atom. The molecule has 7 nitrogen and oxygen atoms in total. The minimum Gasteiger partial charge on any atom is -0.394 e. The Labute approximate surface area is 107 Å². The number of ether oxygens (including phenoxy) is 1. The van der Waals surface area contributed by atoms with Crippen molar-refractivity contribution in [3.05, 3.63) is 22.7 Å². The van der Waals surface area contributed by atoms with Gasteiger partial charge in [0.1, 0.15) is 31.4 Å². The van der Waals surface area contributed by atoms with Crippen molar-refractivity contribution in [2.24, 2.45) is 0 Å². The van der Waals surface area contributed by atoms with Gasteiger partial charge >= 0.3 is 5.69 Å². The van der Waals surface area contributed by atoms with Crippen molar-refractivity contribution in [2.75, 3.05) is 25.7 Å². The number of alkyl halides is 2. The predicted octanol–water partition coefficient (Wildman–Crippen LogP) is -0.999. The van der Waals surface area contributed by atoms with Crippen molar-refractivity contribution in [1.29, 1.82) is 0 Å². The average Bonchev–Trinajstić information content (AvgIpc) is 2.40. The lowest BCUT2D eigenvalue weighted by Crippen LogP contribution is -2.39. The molecule has 0 fully saturated rings. The van der Waals surface area contributed by atoms with Gasteiger partial charge in [0.15, 0.2) is 6.23 Å². The van der Waals surface area contributed by atoms with Crippen LogP contribution < -0.4 is 11.4 Å². The van der Waals surface area contributed by atoms with Gasteiger partial charge in [0.05, 0.1) is 6.61 Å². The highest BCUT2D eigenvalue weighted by Gasteiger charge is 2.25. The van der Waals surface area contributed by atoms with E-state index < -0.39 is 44.1 Å². The first-order valence-corrected chi connectivity index (χ1v) is 5.44. The van der Waals surface area contributed by atoms with Gasteiger partial charge in [0, 0.05) is 6.20 Å². The van der Waals surface area contributed by atoms with Crippen LogP contribution in [0.5, 0.6) is 0 Å². The number of hydrogen-bond acceptors (Lipinski definition) is 6. The zero-order valence-corrected chi connectivity index (χ0v) is 9.95. The van der Waals surface area contributed by atoms with E-state index in [0.29, 0.717) is 0 Å². The average molecular weight is 279 g/mol. The standard InChI is InChI=1S/C10H15F2N3O4/c11-3-6(17)7(5-16)19-9(4-12)15-2-1-8(13)14-10(15)18/h1-2,6-7,9,16-17H,3-5H2,(H2,13,14,18)/t6-,7?,9?/m1/s1. The second-order valence-corrected chi connectivity index (χ2v) is 3.73. The van der Waals surface area contributed by atoms with Gasteiger partial charge in [-0.15, -0.1) is 0 Å². The molecule has 0 spiro atoms. The lowest BCUT2D eigenvalue weighted by molar-refractivity contribution is -0.133. The van der Waals surface area contributed by atoms with Crippen LogP contribution >= 0.6 is 0 Å². The summed E-state index contributed by atoms with van der Waals surface area (Å²) < 4.78 is 30.9. The van der Waals surface area contributed by atoms with Crippen molar-refractivity contribution in [3.63, 3.8) is 0 Å². The largest absolute Gasteiger partial charge is 0.394 e. The SMILES string of the molecule is Nc1ccn(C(CF)OC(CO)[C@H](O)CF)c(=O)n1. The molecule has 0 saturated carbocycles. The van der Waals surface area contributed by atoms with E-state index in [4.69, 9.17) is 15.6 Å². The predicted molar refractivity (Wildman–Crippen MR) is 61.9 cm³/mol. The summed E-state index contributed by atoms with van der Waals surface area (Å²) in [5.74, 6) is -0.0404. The van der Waals surface area contributed by atoms with E-state index in [1.165, 1.54) is 6.07 Å².